The molecular formula is C13H20N4O. The third kappa shape index (κ3) is 3.42. The van der Waals surface area contributed by atoms with Crippen LogP contribution in [-0.4, -0.2) is 35.4 Å². The number of hydrogen-bond acceptors (Lipinski definition) is 5. The summed E-state index contributed by atoms with van der Waals surface area (Å²) < 4.78 is 0. The third-order valence-electron chi connectivity index (χ3n) is 3.13. The number of nitrogens with one attached hydrogen (secondary N) is 1. The summed E-state index contributed by atoms with van der Waals surface area (Å²) >= 11 is 0. The van der Waals surface area contributed by atoms with E-state index in [2.05, 4.69) is 27.1 Å². The van der Waals surface area contributed by atoms with E-state index in [0.717, 1.165) is 37.7 Å². The fraction of sp³-hybridized carbons (Fsp3) is 0.615. The average molecular weight is 248 g/mol. The second kappa shape index (κ2) is 6.33. The van der Waals surface area contributed by atoms with Gasteiger partial charge in [-0.25, -0.2) is 9.97 Å². The Morgan fingerprint density at radius 1 is 1.33 bits per heavy atom. The Morgan fingerprint density at radius 2 is 2.11 bits per heavy atom. The van der Waals surface area contributed by atoms with Gasteiger partial charge in [-0.05, 0) is 6.42 Å². The maximum atomic E-state index is 11.2. The summed E-state index contributed by atoms with van der Waals surface area (Å²) in [6, 6.07) is 1.96. The number of hydrogen-bond donors (Lipinski definition) is 1. The molecule has 1 aromatic heterocycles. The lowest BCUT2D eigenvalue weighted by atomic mass is 10.1. The van der Waals surface area contributed by atoms with Crippen LogP contribution in [-0.2, 0) is 4.79 Å². The molecular weight excluding hydrogens is 228 g/mol. The minimum atomic E-state index is 0.349. The number of unbranched alkanes of at least 4 members (excludes halogenated alkanes) is 1. The maximum absolute atomic E-state index is 11.2. The van der Waals surface area contributed by atoms with Crippen LogP contribution < -0.4 is 10.2 Å². The molecule has 0 saturated carbocycles. The van der Waals surface area contributed by atoms with E-state index in [1.54, 1.807) is 6.33 Å². The normalized spacial score (nSPS) is 15.8. The van der Waals surface area contributed by atoms with Gasteiger partial charge in [-0.3, -0.25) is 4.79 Å². The van der Waals surface area contributed by atoms with E-state index in [0.29, 0.717) is 18.6 Å². The molecule has 0 bridgehead atoms. The molecule has 0 radical (unpaired) electrons. The molecule has 1 N–H and O–H groups in total. The van der Waals surface area contributed by atoms with Crippen molar-refractivity contribution in [3.63, 3.8) is 0 Å². The number of piperidine rings is 1. The highest BCUT2D eigenvalue weighted by molar-refractivity contribution is 5.80. The minimum Gasteiger partial charge on any atom is -0.370 e. The fourth-order valence-corrected chi connectivity index (χ4v) is 2.00. The van der Waals surface area contributed by atoms with Crippen molar-refractivity contribution in [3.05, 3.63) is 12.4 Å². The SMILES string of the molecule is CCCCNc1cc(N2CCC(=O)CC2)ncn1. The number of nitrogens with zero attached hydrogens (tertiary/aromatic N) is 3. The highest BCUT2D eigenvalue weighted by Crippen LogP contribution is 2.17. The molecule has 98 valence electrons. The van der Waals surface area contributed by atoms with E-state index < -0.39 is 0 Å². The van der Waals surface area contributed by atoms with Crippen LogP contribution in [0.2, 0.25) is 0 Å². The van der Waals surface area contributed by atoms with Crippen LogP contribution in [0.4, 0.5) is 11.6 Å². The Morgan fingerprint density at radius 3 is 2.83 bits per heavy atom. The summed E-state index contributed by atoms with van der Waals surface area (Å²) in [5.41, 5.74) is 0. The van der Waals surface area contributed by atoms with E-state index in [-0.39, 0.29) is 0 Å². The Labute approximate surface area is 108 Å². The van der Waals surface area contributed by atoms with Gasteiger partial charge in [0.2, 0.25) is 0 Å². The highest BCUT2D eigenvalue weighted by atomic mass is 16.1. The van der Waals surface area contributed by atoms with Gasteiger partial charge in [0.15, 0.2) is 0 Å². The molecule has 0 spiro atoms. The molecule has 1 aliphatic heterocycles. The average Bonchev–Trinajstić information content (AvgIpc) is 2.40. The highest BCUT2D eigenvalue weighted by Gasteiger charge is 2.17. The van der Waals surface area contributed by atoms with Crippen molar-refractivity contribution < 1.29 is 4.79 Å². The van der Waals surface area contributed by atoms with Crippen LogP contribution in [0, 0.1) is 0 Å². The zero-order valence-corrected chi connectivity index (χ0v) is 10.9. The number of carbonyl (C=O) groups excluding carboxylic acids is 1. The van der Waals surface area contributed by atoms with Gasteiger partial charge in [-0.1, -0.05) is 13.3 Å². The Kier molecular flexibility index (Phi) is 4.50. The number of aromatic nitrogens is 2. The van der Waals surface area contributed by atoms with Crippen molar-refractivity contribution in [3.8, 4) is 0 Å². The number of ketones is 1. The lowest BCUT2D eigenvalue weighted by molar-refractivity contribution is -0.119. The topological polar surface area (TPSA) is 58.1 Å². The molecule has 0 unspecified atom stereocenters. The van der Waals surface area contributed by atoms with Crippen LogP contribution in [0.25, 0.3) is 0 Å². The minimum absolute atomic E-state index is 0.349. The molecule has 0 amide bonds. The predicted octanol–water partition coefficient (Wildman–Crippen LogP) is 1.86. The van der Waals surface area contributed by atoms with Gasteiger partial charge in [0.25, 0.3) is 0 Å². The van der Waals surface area contributed by atoms with Crippen LogP contribution >= 0.6 is 0 Å². The zero-order chi connectivity index (χ0) is 12.8. The molecule has 1 aromatic rings. The summed E-state index contributed by atoms with van der Waals surface area (Å²) in [4.78, 5) is 21.8. The number of carbonyl (C=O) groups is 1. The van der Waals surface area contributed by atoms with Crippen molar-refractivity contribution in [2.45, 2.75) is 32.6 Å². The van der Waals surface area contributed by atoms with Gasteiger partial charge in [0, 0.05) is 38.5 Å². The maximum Gasteiger partial charge on any atom is 0.136 e. The second-order valence-electron chi connectivity index (χ2n) is 4.57. The summed E-state index contributed by atoms with van der Waals surface area (Å²) in [7, 11) is 0. The smallest absolute Gasteiger partial charge is 0.136 e. The van der Waals surface area contributed by atoms with Gasteiger partial charge in [-0.15, -0.1) is 0 Å². The molecule has 1 aliphatic rings. The van der Waals surface area contributed by atoms with E-state index in [1.165, 1.54) is 6.42 Å². The molecule has 5 nitrogen and oxygen atoms in total. The molecule has 0 aliphatic carbocycles. The summed E-state index contributed by atoms with van der Waals surface area (Å²) in [5, 5.41) is 3.29. The first kappa shape index (κ1) is 12.8. The molecule has 1 saturated heterocycles. The number of rotatable bonds is 5. The molecule has 2 heterocycles. The van der Waals surface area contributed by atoms with Gasteiger partial charge >= 0.3 is 0 Å². The molecule has 5 heteroatoms. The summed E-state index contributed by atoms with van der Waals surface area (Å²) in [6.07, 6.45) is 5.14. The second-order valence-corrected chi connectivity index (χ2v) is 4.57. The Balaban J connectivity index is 1.96. The molecule has 1 fully saturated rings. The number of Topliss-reactive ketones (excluding diaryl/α,β-unsaturated/α-hetero) is 1. The first-order chi connectivity index (χ1) is 8.79. The quantitative estimate of drug-likeness (QED) is 0.806. The van der Waals surface area contributed by atoms with Crippen LogP contribution in [0.3, 0.4) is 0 Å². The van der Waals surface area contributed by atoms with Crippen LogP contribution in [0.5, 0.6) is 0 Å². The van der Waals surface area contributed by atoms with Gasteiger partial charge in [0.1, 0.15) is 23.7 Å². The zero-order valence-electron chi connectivity index (χ0n) is 10.9. The summed E-state index contributed by atoms with van der Waals surface area (Å²) in [5.74, 6) is 2.13. The largest absolute Gasteiger partial charge is 0.370 e. The van der Waals surface area contributed by atoms with Crippen molar-refractivity contribution in [2.24, 2.45) is 0 Å². The van der Waals surface area contributed by atoms with Crippen molar-refractivity contribution in [2.75, 3.05) is 29.9 Å². The van der Waals surface area contributed by atoms with Gasteiger partial charge in [0.05, 0.1) is 0 Å². The summed E-state index contributed by atoms with van der Waals surface area (Å²) in [6.45, 7) is 4.64. The van der Waals surface area contributed by atoms with E-state index in [9.17, 15) is 4.79 Å². The Bertz CT molecular complexity index is 398. The predicted molar refractivity (Wildman–Crippen MR) is 71.9 cm³/mol. The first-order valence-corrected chi connectivity index (χ1v) is 6.62. The third-order valence-corrected chi connectivity index (χ3v) is 3.13. The lowest BCUT2D eigenvalue weighted by Crippen LogP contribution is -2.34. The van der Waals surface area contributed by atoms with E-state index >= 15 is 0 Å². The number of anilines is 2. The molecule has 2 rings (SSSR count). The lowest BCUT2D eigenvalue weighted by Gasteiger charge is -2.27. The monoisotopic (exact) mass is 248 g/mol. The first-order valence-electron chi connectivity index (χ1n) is 6.62. The van der Waals surface area contributed by atoms with Crippen molar-refractivity contribution in [1.82, 2.24) is 9.97 Å². The van der Waals surface area contributed by atoms with Crippen LogP contribution in [0.15, 0.2) is 12.4 Å². The van der Waals surface area contributed by atoms with Crippen LogP contribution in [0.1, 0.15) is 32.6 Å². The van der Waals surface area contributed by atoms with E-state index in [1.807, 2.05) is 6.07 Å². The van der Waals surface area contributed by atoms with Crippen molar-refractivity contribution in [1.29, 1.82) is 0 Å². The standard InChI is InChI=1S/C13H20N4O/c1-2-3-6-14-12-9-13(16-10-15-12)17-7-4-11(18)5-8-17/h9-10H,2-8H2,1H3,(H,14,15,16). The van der Waals surface area contributed by atoms with Crippen molar-refractivity contribution >= 4 is 17.4 Å². The molecule has 18 heavy (non-hydrogen) atoms. The Hall–Kier alpha value is -1.65. The van der Waals surface area contributed by atoms with E-state index in [4.69, 9.17) is 0 Å². The fourth-order valence-electron chi connectivity index (χ4n) is 2.00. The molecule has 0 aromatic carbocycles. The molecule has 0 atom stereocenters. The van der Waals surface area contributed by atoms with Gasteiger partial charge < -0.3 is 10.2 Å². The van der Waals surface area contributed by atoms with Gasteiger partial charge in [-0.2, -0.15) is 0 Å².